The van der Waals surface area contributed by atoms with Gasteiger partial charge in [0.05, 0.1) is 18.5 Å². The van der Waals surface area contributed by atoms with Gasteiger partial charge in [-0.2, -0.15) is 0 Å². The molecule has 0 radical (unpaired) electrons. The SMILES string of the molecule is CCNc1cccc(-c2ccc(OC)nc2C)n1. The minimum absolute atomic E-state index is 0.624. The van der Waals surface area contributed by atoms with Crippen molar-refractivity contribution in [1.29, 1.82) is 0 Å². The molecule has 4 nitrogen and oxygen atoms in total. The summed E-state index contributed by atoms with van der Waals surface area (Å²) >= 11 is 0. The lowest BCUT2D eigenvalue weighted by Crippen LogP contribution is -2.00. The first-order valence-corrected chi connectivity index (χ1v) is 5.97. The average molecular weight is 243 g/mol. The summed E-state index contributed by atoms with van der Waals surface area (Å²) in [7, 11) is 1.62. The van der Waals surface area contributed by atoms with Gasteiger partial charge < -0.3 is 10.1 Å². The van der Waals surface area contributed by atoms with Crippen molar-refractivity contribution in [3.8, 4) is 17.1 Å². The third-order valence-electron chi connectivity index (χ3n) is 2.65. The molecule has 0 aliphatic rings. The molecule has 0 fully saturated rings. The fraction of sp³-hybridized carbons (Fsp3) is 0.286. The van der Waals surface area contributed by atoms with Crippen molar-refractivity contribution < 1.29 is 4.74 Å². The van der Waals surface area contributed by atoms with E-state index < -0.39 is 0 Å². The van der Waals surface area contributed by atoms with Crippen molar-refractivity contribution in [2.75, 3.05) is 19.0 Å². The van der Waals surface area contributed by atoms with Gasteiger partial charge in [-0.15, -0.1) is 0 Å². The summed E-state index contributed by atoms with van der Waals surface area (Å²) in [4.78, 5) is 8.92. The topological polar surface area (TPSA) is 47.0 Å². The molecule has 0 aliphatic heterocycles. The predicted octanol–water partition coefficient (Wildman–Crippen LogP) is 2.89. The van der Waals surface area contributed by atoms with E-state index >= 15 is 0 Å². The van der Waals surface area contributed by atoms with Gasteiger partial charge in [0.15, 0.2) is 0 Å². The Morgan fingerprint density at radius 3 is 2.67 bits per heavy atom. The maximum Gasteiger partial charge on any atom is 0.213 e. The van der Waals surface area contributed by atoms with Crippen molar-refractivity contribution in [2.24, 2.45) is 0 Å². The van der Waals surface area contributed by atoms with E-state index in [-0.39, 0.29) is 0 Å². The number of aryl methyl sites for hydroxylation is 1. The van der Waals surface area contributed by atoms with Crippen LogP contribution in [0.5, 0.6) is 5.88 Å². The number of aromatic nitrogens is 2. The van der Waals surface area contributed by atoms with E-state index in [1.54, 1.807) is 7.11 Å². The Kier molecular flexibility index (Phi) is 3.77. The molecule has 0 unspecified atom stereocenters. The number of pyridine rings is 2. The maximum absolute atomic E-state index is 5.10. The van der Waals surface area contributed by atoms with Gasteiger partial charge >= 0.3 is 0 Å². The van der Waals surface area contributed by atoms with Gasteiger partial charge in [-0.25, -0.2) is 9.97 Å². The normalized spacial score (nSPS) is 10.2. The summed E-state index contributed by atoms with van der Waals surface area (Å²) in [5.74, 6) is 1.50. The van der Waals surface area contributed by atoms with Crippen molar-refractivity contribution in [3.63, 3.8) is 0 Å². The molecule has 0 aromatic carbocycles. The molecule has 18 heavy (non-hydrogen) atoms. The van der Waals surface area contributed by atoms with Gasteiger partial charge in [0, 0.05) is 18.2 Å². The van der Waals surface area contributed by atoms with E-state index in [9.17, 15) is 0 Å². The van der Waals surface area contributed by atoms with Crippen molar-refractivity contribution in [1.82, 2.24) is 9.97 Å². The molecular formula is C14H17N3O. The molecule has 0 saturated heterocycles. The minimum atomic E-state index is 0.624. The molecule has 0 spiro atoms. The smallest absolute Gasteiger partial charge is 0.213 e. The Morgan fingerprint density at radius 1 is 1.17 bits per heavy atom. The van der Waals surface area contributed by atoms with Crippen LogP contribution in [-0.2, 0) is 0 Å². The first-order valence-electron chi connectivity index (χ1n) is 5.97. The summed E-state index contributed by atoms with van der Waals surface area (Å²) in [5, 5.41) is 3.20. The Labute approximate surface area is 107 Å². The zero-order chi connectivity index (χ0) is 13.0. The number of rotatable bonds is 4. The fourth-order valence-corrected chi connectivity index (χ4v) is 1.79. The Balaban J connectivity index is 2.38. The second kappa shape index (κ2) is 5.49. The van der Waals surface area contributed by atoms with Crippen LogP contribution in [0.1, 0.15) is 12.6 Å². The highest BCUT2D eigenvalue weighted by Gasteiger charge is 2.06. The number of hydrogen-bond acceptors (Lipinski definition) is 4. The van der Waals surface area contributed by atoms with Crippen LogP contribution < -0.4 is 10.1 Å². The molecular weight excluding hydrogens is 226 g/mol. The highest BCUT2D eigenvalue weighted by molar-refractivity contribution is 5.64. The third-order valence-corrected chi connectivity index (χ3v) is 2.65. The minimum Gasteiger partial charge on any atom is -0.481 e. The van der Waals surface area contributed by atoms with Crippen LogP contribution >= 0.6 is 0 Å². The van der Waals surface area contributed by atoms with E-state index in [0.717, 1.165) is 29.3 Å². The van der Waals surface area contributed by atoms with Crippen LogP contribution in [0.15, 0.2) is 30.3 Å². The van der Waals surface area contributed by atoms with Gasteiger partial charge in [-0.3, -0.25) is 0 Å². The molecule has 4 heteroatoms. The van der Waals surface area contributed by atoms with Gasteiger partial charge in [0.2, 0.25) is 5.88 Å². The molecule has 1 N–H and O–H groups in total. The molecule has 94 valence electrons. The number of hydrogen-bond donors (Lipinski definition) is 1. The number of methoxy groups -OCH3 is 1. The van der Waals surface area contributed by atoms with E-state index in [4.69, 9.17) is 4.74 Å². The molecule has 2 aromatic heterocycles. The van der Waals surface area contributed by atoms with Gasteiger partial charge in [0.25, 0.3) is 0 Å². The Hall–Kier alpha value is -2.10. The van der Waals surface area contributed by atoms with E-state index in [2.05, 4.69) is 22.2 Å². The second-order valence-electron chi connectivity index (χ2n) is 3.92. The first kappa shape index (κ1) is 12.4. The standard InChI is InChI=1S/C14H17N3O/c1-4-15-13-7-5-6-12(17-13)11-8-9-14(18-3)16-10(11)2/h5-9H,4H2,1-3H3,(H,15,17). The van der Waals surface area contributed by atoms with Crippen molar-refractivity contribution >= 4 is 5.82 Å². The van der Waals surface area contributed by atoms with E-state index in [1.807, 2.05) is 37.3 Å². The molecule has 2 rings (SSSR count). The van der Waals surface area contributed by atoms with Gasteiger partial charge in [-0.05, 0) is 32.0 Å². The Bertz CT molecular complexity index is 540. The molecule has 0 atom stereocenters. The monoisotopic (exact) mass is 243 g/mol. The number of ether oxygens (including phenoxy) is 1. The highest BCUT2D eigenvalue weighted by atomic mass is 16.5. The molecule has 2 heterocycles. The van der Waals surface area contributed by atoms with E-state index in [0.29, 0.717) is 5.88 Å². The molecule has 0 aliphatic carbocycles. The fourth-order valence-electron chi connectivity index (χ4n) is 1.79. The number of anilines is 1. The van der Waals surface area contributed by atoms with Gasteiger partial charge in [-0.1, -0.05) is 6.07 Å². The van der Waals surface area contributed by atoms with Gasteiger partial charge in [0.1, 0.15) is 5.82 Å². The summed E-state index contributed by atoms with van der Waals surface area (Å²) in [6.45, 7) is 4.87. The largest absolute Gasteiger partial charge is 0.481 e. The summed E-state index contributed by atoms with van der Waals surface area (Å²) < 4.78 is 5.10. The Morgan fingerprint density at radius 2 is 2.00 bits per heavy atom. The van der Waals surface area contributed by atoms with Crippen LogP contribution in [0.25, 0.3) is 11.3 Å². The average Bonchev–Trinajstić information content (AvgIpc) is 2.39. The zero-order valence-electron chi connectivity index (χ0n) is 10.9. The highest BCUT2D eigenvalue weighted by Crippen LogP contribution is 2.23. The van der Waals surface area contributed by atoms with E-state index in [1.165, 1.54) is 0 Å². The predicted molar refractivity (Wildman–Crippen MR) is 72.9 cm³/mol. The van der Waals surface area contributed by atoms with Crippen LogP contribution in [-0.4, -0.2) is 23.6 Å². The lowest BCUT2D eigenvalue weighted by atomic mass is 10.1. The van der Waals surface area contributed by atoms with Crippen LogP contribution in [0, 0.1) is 6.92 Å². The number of nitrogens with one attached hydrogen (secondary N) is 1. The summed E-state index contributed by atoms with van der Waals surface area (Å²) in [5.41, 5.74) is 2.85. The van der Waals surface area contributed by atoms with Crippen LogP contribution in [0.2, 0.25) is 0 Å². The molecule has 0 amide bonds. The first-order chi connectivity index (χ1) is 8.74. The zero-order valence-corrected chi connectivity index (χ0v) is 10.9. The molecule has 0 bridgehead atoms. The molecule has 2 aromatic rings. The lowest BCUT2D eigenvalue weighted by Gasteiger charge is -2.08. The third kappa shape index (κ3) is 2.59. The summed E-state index contributed by atoms with van der Waals surface area (Å²) in [6.07, 6.45) is 0. The van der Waals surface area contributed by atoms with Crippen LogP contribution in [0.4, 0.5) is 5.82 Å². The number of nitrogens with zero attached hydrogens (tertiary/aromatic N) is 2. The second-order valence-corrected chi connectivity index (χ2v) is 3.92. The lowest BCUT2D eigenvalue weighted by molar-refractivity contribution is 0.397. The van der Waals surface area contributed by atoms with Crippen molar-refractivity contribution in [3.05, 3.63) is 36.0 Å². The molecule has 0 saturated carbocycles. The summed E-state index contributed by atoms with van der Waals surface area (Å²) in [6, 6.07) is 9.77. The van der Waals surface area contributed by atoms with Crippen LogP contribution in [0.3, 0.4) is 0 Å². The quantitative estimate of drug-likeness (QED) is 0.897. The van der Waals surface area contributed by atoms with Crippen molar-refractivity contribution in [2.45, 2.75) is 13.8 Å². The maximum atomic E-state index is 5.10.